The Kier molecular flexibility index (Phi) is 3.62. The number of nitrogens with one attached hydrogen (secondary N) is 1. The summed E-state index contributed by atoms with van der Waals surface area (Å²) in [6, 6.07) is 6.12. The van der Waals surface area contributed by atoms with Crippen LogP contribution in [0.3, 0.4) is 0 Å². The number of piperidine rings is 1. The molecule has 2 aliphatic rings. The molecule has 2 saturated heterocycles. The summed E-state index contributed by atoms with van der Waals surface area (Å²) in [5.74, 6) is 0. The molecule has 3 unspecified atom stereocenters. The van der Waals surface area contributed by atoms with E-state index in [0.29, 0.717) is 12.1 Å². The van der Waals surface area contributed by atoms with E-state index in [2.05, 4.69) is 28.2 Å². The van der Waals surface area contributed by atoms with Crippen LogP contribution in [0.5, 0.6) is 0 Å². The summed E-state index contributed by atoms with van der Waals surface area (Å²) in [6.07, 6.45) is 9.23. The van der Waals surface area contributed by atoms with E-state index in [1.807, 2.05) is 18.5 Å². The largest absolute Gasteiger partial charge is 0.307 e. The van der Waals surface area contributed by atoms with Crippen LogP contribution in [-0.4, -0.2) is 35.1 Å². The van der Waals surface area contributed by atoms with E-state index < -0.39 is 0 Å². The lowest BCUT2D eigenvalue weighted by Crippen LogP contribution is -2.46. The van der Waals surface area contributed by atoms with E-state index in [0.717, 1.165) is 6.04 Å². The fourth-order valence-electron chi connectivity index (χ4n) is 3.46. The van der Waals surface area contributed by atoms with Gasteiger partial charge in [0.1, 0.15) is 0 Å². The summed E-state index contributed by atoms with van der Waals surface area (Å²) in [5.41, 5.74) is 1.30. The zero-order valence-corrected chi connectivity index (χ0v) is 11.2. The minimum absolute atomic E-state index is 0.414. The van der Waals surface area contributed by atoms with Crippen LogP contribution in [0.4, 0.5) is 0 Å². The summed E-state index contributed by atoms with van der Waals surface area (Å²) in [4.78, 5) is 6.88. The van der Waals surface area contributed by atoms with Crippen LogP contribution in [0.2, 0.25) is 0 Å². The Morgan fingerprint density at radius 2 is 2.33 bits per heavy atom. The SMILES string of the molecule is CC(NC1CCN2CCCC2C1)c1cccnc1. The van der Waals surface area contributed by atoms with Crippen molar-refractivity contribution in [2.24, 2.45) is 0 Å². The highest BCUT2D eigenvalue weighted by molar-refractivity contribution is 5.13. The molecule has 3 heteroatoms. The molecule has 0 spiro atoms. The van der Waals surface area contributed by atoms with Gasteiger partial charge in [0.25, 0.3) is 0 Å². The molecule has 0 aliphatic carbocycles. The number of fused-ring (bicyclic) bond motifs is 1. The number of pyridine rings is 1. The van der Waals surface area contributed by atoms with Crippen molar-refractivity contribution in [2.45, 2.75) is 50.7 Å². The minimum atomic E-state index is 0.414. The first-order chi connectivity index (χ1) is 8.83. The maximum Gasteiger partial charge on any atom is 0.0315 e. The van der Waals surface area contributed by atoms with Crippen LogP contribution < -0.4 is 5.32 Å². The molecule has 0 saturated carbocycles. The fraction of sp³-hybridized carbons (Fsp3) is 0.667. The van der Waals surface area contributed by atoms with Gasteiger partial charge < -0.3 is 10.2 Å². The number of hydrogen-bond donors (Lipinski definition) is 1. The van der Waals surface area contributed by atoms with Crippen molar-refractivity contribution in [1.82, 2.24) is 15.2 Å². The maximum absolute atomic E-state index is 4.20. The molecule has 0 amide bonds. The molecular weight excluding hydrogens is 222 g/mol. The van der Waals surface area contributed by atoms with Crippen LogP contribution in [0.15, 0.2) is 24.5 Å². The van der Waals surface area contributed by atoms with Crippen molar-refractivity contribution in [3.63, 3.8) is 0 Å². The molecule has 2 fully saturated rings. The molecule has 2 aliphatic heterocycles. The molecule has 3 atom stereocenters. The normalized spacial score (nSPS) is 30.1. The van der Waals surface area contributed by atoms with Gasteiger partial charge >= 0.3 is 0 Å². The zero-order chi connectivity index (χ0) is 12.4. The number of aromatic nitrogens is 1. The molecule has 1 aromatic heterocycles. The van der Waals surface area contributed by atoms with E-state index in [9.17, 15) is 0 Å². The summed E-state index contributed by atoms with van der Waals surface area (Å²) < 4.78 is 0. The van der Waals surface area contributed by atoms with E-state index in [-0.39, 0.29) is 0 Å². The van der Waals surface area contributed by atoms with Crippen LogP contribution in [-0.2, 0) is 0 Å². The lowest BCUT2D eigenvalue weighted by molar-refractivity contribution is 0.162. The topological polar surface area (TPSA) is 28.2 Å². The summed E-state index contributed by atoms with van der Waals surface area (Å²) in [5, 5.41) is 3.78. The molecule has 0 radical (unpaired) electrons. The Balaban J connectivity index is 1.57. The Morgan fingerprint density at radius 3 is 3.17 bits per heavy atom. The van der Waals surface area contributed by atoms with Gasteiger partial charge in [-0.3, -0.25) is 4.98 Å². The van der Waals surface area contributed by atoms with Crippen molar-refractivity contribution in [3.05, 3.63) is 30.1 Å². The number of rotatable bonds is 3. The lowest BCUT2D eigenvalue weighted by atomic mass is 9.96. The highest BCUT2D eigenvalue weighted by Crippen LogP contribution is 2.28. The van der Waals surface area contributed by atoms with Crippen LogP contribution >= 0.6 is 0 Å². The maximum atomic E-state index is 4.20. The first kappa shape index (κ1) is 12.1. The average molecular weight is 245 g/mol. The van der Waals surface area contributed by atoms with Crippen molar-refractivity contribution in [1.29, 1.82) is 0 Å². The van der Waals surface area contributed by atoms with Gasteiger partial charge in [0.2, 0.25) is 0 Å². The van der Waals surface area contributed by atoms with Crippen molar-refractivity contribution in [3.8, 4) is 0 Å². The van der Waals surface area contributed by atoms with Crippen LogP contribution in [0, 0.1) is 0 Å². The van der Waals surface area contributed by atoms with Gasteiger partial charge in [0, 0.05) is 30.5 Å². The molecule has 3 nitrogen and oxygen atoms in total. The molecule has 1 aromatic rings. The fourth-order valence-corrected chi connectivity index (χ4v) is 3.46. The van der Waals surface area contributed by atoms with Gasteiger partial charge in [0.05, 0.1) is 0 Å². The van der Waals surface area contributed by atoms with Gasteiger partial charge in [-0.25, -0.2) is 0 Å². The lowest BCUT2D eigenvalue weighted by Gasteiger charge is -2.36. The third-order valence-corrected chi connectivity index (χ3v) is 4.49. The zero-order valence-electron chi connectivity index (χ0n) is 11.2. The Bertz CT molecular complexity index is 379. The third kappa shape index (κ3) is 2.57. The van der Waals surface area contributed by atoms with Gasteiger partial charge in [-0.1, -0.05) is 6.07 Å². The molecule has 3 heterocycles. The predicted octanol–water partition coefficient (Wildman–Crippen LogP) is 2.36. The second-order valence-electron chi connectivity index (χ2n) is 5.73. The minimum Gasteiger partial charge on any atom is -0.307 e. The first-order valence-electron chi connectivity index (χ1n) is 7.23. The summed E-state index contributed by atoms with van der Waals surface area (Å²) in [6.45, 7) is 4.86. The molecule has 3 rings (SSSR count). The quantitative estimate of drug-likeness (QED) is 0.886. The smallest absolute Gasteiger partial charge is 0.0315 e. The highest BCUT2D eigenvalue weighted by Gasteiger charge is 2.31. The van der Waals surface area contributed by atoms with Gasteiger partial charge in [0.15, 0.2) is 0 Å². The molecule has 98 valence electrons. The molecule has 0 aromatic carbocycles. The van der Waals surface area contributed by atoms with E-state index in [1.54, 1.807) is 0 Å². The Hall–Kier alpha value is -0.930. The van der Waals surface area contributed by atoms with Crippen LogP contribution in [0.1, 0.15) is 44.2 Å². The number of nitrogens with zero attached hydrogens (tertiary/aromatic N) is 2. The van der Waals surface area contributed by atoms with Gasteiger partial charge in [-0.15, -0.1) is 0 Å². The Morgan fingerprint density at radius 1 is 1.39 bits per heavy atom. The first-order valence-corrected chi connectivity index (χ1v) is 7.23. The Labute approximate surface area is 110 Å². The van der Waals surface area contributed by atoms with Gasteiger partial charge in [-0.05, 0) is 57.3 Å². The van der Waals surface area contributed by atoms with Crippen molar-refractivity contribution < 1.29 is 0 Å². The monoisotopic (exact) mass is 245 g/mol. The highest BCUT2D eigenvalue weighted by atomic mass is 15.2. The second-order valence-corrected chi connectivity index (χ2v) is 5.73. The van der Waals surface area contributed by atoms with Crippen LogP contribution in [0.25, 0.3) is 0 Å². The standard InChI is InChI=1S/C15H23N3/c1-12(13-4-2-7-16-11-13)17-14-6-9-18-8-3-5-15(18)10-14/h2,4,7,11-12,14-15,17H,3,5-6,8-10H2,1H3. The van der Waals surface area contributed by atoms with Crippen molar-refractivity contribution >= 4 is 0 Å². The van der Waals surface area contributed by atoms with Gasteiger partial charge in [-0.2, -0.15) is 0 Å². The second kappa shape index (κ2) is 5.37. The van der Waals surface area contributed by atoms with E-state index in [1.165, 1.54) is 44.3 Å². The number of hydrogen-bond acceptors (Lipinski definition) is 3. The van der Waals surface area contributed by atoms with E-state index >= 15 is 0 Å². The van der Waals surface area contributed by atoms with Crippen molar-refractivity contribution in [2.75, 3.05) is 13.1 Å². The third-order valence-electron chi connectivity index (χ3n) is 4.49. The summed E-state index contributed by atoms with van der Waals surface area (Å²) >= 11 is 0. The summed E-state index contributed by atoms with van der Waals surface area (Å²) in [7, 11) is 0. The average Bonchev–Trinajstić information content (AvgIpc) is 2.87. The predicted molar refractivity (Wildman–Crippen MR) is 73.4 cm³/mol. The molecule has 0 bridgehead atoms. The molecule has 18 heavy (non-hydrogen) atoms. The molecular formula is C15H23N3. The molecule has 1 N–H and O–H groups in total. The van der Waals surface area contributed by atoms with E-state index in [4.69, 9.17) is 0 Å².